The molecule has 1 aliphatic rings. The standard InChI is InChI=1S/C15H23ClN2S/c1-3-13(17)9-12-5-4-6-14(16)15(12)18-7-8-19-10-11(18)2/h4-6,11,13H,3,7-10,17H2,1-2H3. The highest BCUT2D eigenvalue weighted by Crippen LogP contribution is 2.34. The summed E-state index contributed by atoms with van der Waals surface area (Å²) in [5.74, 6) is 2.35. The molecule has 0 aliphatic carbocycles. The van der Waals surface area contributed by atoms with Crippen LogP contribution in [-0.4, -0.2) is 30.1 Å². The summed E-state index contributed by atoms with van der Waals surface area (Å²) in [5.41, 5.74) is 8.62. The molecule has 0 amide bonds. The first-order valence-corrected chi connectivity index (χ1v) is 8.54. The fourth-order valence-electron chi connectivity index (χ4n) is 2.53. The van der Waals surface area contributed by atoms with Crippen LogP contribution in [0.2, 0.25) is 5.02 Å². The van der Waals surface area contributed by atoms with Crippen LogP contribution in [0.25, 0.3) is 0 Å². The van der Waals surface area contributed by atoms with Gasteiger partial charge in [0.05, 0.1) is 10.7 Å². The van der Waals surface area contributed by atoms with Gasteiger partial charge in [0.15, 0.2) is 0 Å². The topological polar surface area (TPSA) is 29.3 Å². The van der Waals surface area contributed by atoms with E-state index in [2.05, 4.69) is 24.8 Å². The average Bonchev–Trinajstić information content (AvgIpc) is 2.40. The van der Waals surface area contributed by atoms with Crippen LogP contribution in [0.4, 0.5) is 5.69 Å². The number of halogens is 1. The Morgan fingerprint density at radius 3 is 3.00 bits per heavy atom. The van der Waals surface area contributed by atoms with Crippen LogP contribution in [0.3, 0.4) is 0 Å². The van der Waals surface area contributed by atoms with Gasteiger partial charge in [-0.25, -0.2) is 0 Å². The van der Waals surface area contributed by atoms with Gasteiger partial charge in [0.25, 0.3) is 0 Å². The van der Waals surface area contributed by atoms with Gasteiger partial charge >= 0.3 is 0 Å². The second kappa shape index (κ2) is 6.87. The number of rotatable bonds is 4. The molecule has 0 aromatic heterocycles. The number of thioether (sulfide) groups is 1. The van der Waals surface area contributed by atoms with E-state index < -0.39 is 0 Å². The van der Waals surface area contributed by atoms with E-state index in [-0.39, 0.29) is 6.04 Å². The van der Waals surface area contributed by atoms with E-state index in [0.717, 1.165) is 24.4 Å². The Labute approximate surface area is 125 Å². The summed E-state index contributed by atoms with van der Waals surface area (Å²) in [6, 6.07) is 6.95. The van der Waals surface area contributed by atoms with Crippen molar-refractivity contribution in [1.29, 1.82) is 0 Å². The Hall–Kier alpha value is -0.380. The van der Waals surface area contributed by atoms with Crippen molar-refractivity contribution in [2.75, 3.05) is 23.0 Å². The minimum Gasteiger partial charge on any atom is -0.366 e. The second-order valence-corrected chi connectivity index (χ2v) is 6.79. The first-order valence-electron chi connectivity index (χ1n) is 7.00. The van der Waals surface area contributed by atoms with Crippen LogP contribution in [-0.2, 0) is 6.42 Å². The van der Waals surface area contributed by atoms with E-state index in [0.29, 0.717) is 6.04 Å². The fraction of sp³-hybridized carbons (Fsp3) is 0.600. The average molecular weight is 299 g/mol. The maximum atomic E-state index is 6.47. The zero-order valence-corrected chi connectivity index (χ0v) is 13.3. The maximum absolute atomic E-state index is 6.47. The molecule has 2 atom stereocenters. The number of benzene rings is 1. The smallest absolute Gasteiger partial charge is 0.0642 e. The molecule has 0 saturated carbocycles. The zero-order valence-electron chi connectivity index (χ0n) is 11.7. The quantitative estimate of drug-likeness (QED) is 0.921. The monoisotopic (exact) mass is 298 g/mol. The van der Waals surface area contributed by atoms with Gasteiger partial charge in [0, 0.05) is 30.1 Å². The van der Waals surface area contributed by atoms with Crippen molar-refractivity contribution >= 4 is 29.1 Å². The van der Waals surface area contributed by atoms with Gasteiger partial charge in [-0.15, -0.1) is 0 Å². The van der Waals surface area contributed by atoms with Gasteiger partial charge in [-0.05, 0) is 31.4 Å². The normalized spacial score (nSPS) is 21.5. The Morgan fingerprint density at radius 2 is 2.32 bits per heavy atom. The Bertz CT molecular complexity index is 425. The lowest BCUT2D eigenvalue weighted by molar-refractivity contribution is 0.638. The molecule has 2 N–H and O–H groups in total. The number of anilines is 1. The zero-order chi connectivity index (χ0) is 13.8. The molecule has 2 unspecified atom stereocenters. The molecule has 1 aromatic rings. The summed E-state index contributed by atoms with van der Waals surface area (Å²) < 4.78 is 0. The predicted molar refractivity (Wildman–Crippen MR) is 87.6 cm³/mol. The Morgan fingerprint density at radius 1 is 1.53 bits per heavy atom. The lowest BCUT2D eigenvalue weighted by Gasteiger charge is -2.37. The molecule has 1 heterocycles. The van der Waals surface area contributed by atoms with Gasteiger partial charge in [-0.2, -0.15) is 11.8 Å². The van der Waals surface area contributed by atoms with Crippen LogP contribution in [0.5, 0.6) is 0 Å². The molecule has 106 valence electrons. The predicted octanol–water partition coefficient (Wildman–Crippen LogP) is 3.56. The summed E-state index contributed by atoms with van der Waals surface area (Å²) in [6.45, 7) is 5.48. The minimum absolute atomic E-state index is 0.215. The van der Waals surface area contributed by atoms with E-state index in [1.165, 1.54) is 22.8 Å². The highest BCUT2D eigenvalue weighted by Gasteiger charge is 2.23. The number of nitrogens with two attached hydrogens (primary N) is 1. The van der Waals surface area contributed by atoms with Gasteiger partial charge in [0.1, 0.15) is 0 Å². The molecule has 0 bridgehead atoms. The second-order valence-electron chi connectivity index (χ2n) is 5.24. The third kappa shape index (κ3) is 3.59. The molecule has 1 aliphatic heterocycles. The van der Waals surface area contributed by atoms with Gasteiger partial charge < -0.3 is 10.6 Å². The number of hydrogen-bond donors (Lipinski definition) is 1. The summed E-state index contributed by atoms with van der Waals surface area (Å²) in [4.78, 5) is 2.45. The van der Waals surface area contributed by atoms with Gasteiger partial charge in [0.2, 0.25) is 0 Å². The van der Waals surface area contributed by atoms with E-state index in [1.54, 1.807) is 0 Å². The summed E-state index contributed by atoms with van der Waals surface area (Å²) in [7, 11) is 0. The number of para-hydroxylation sites is 1. The maximum Gasteiger partial charge on any atom is 0.0642 e. The van der Waals surface area contributed by atoms with Crippen molar-refractivity contribution < 1.29 is 0 Å². The molecule has 2 rings (SSSR count). The molecular weight excluding hydrogens is 276 g/mol. The number of hydrogen-bond acceptors (Lipinski definition) is 3. The van der Waals surface area contributed by atoms with Crippen LogP contribution < -0.4 is 10.6 Å². The molecule has 0 spiro atoms. The lowest BCUT2D eigenvalue weighted by Crippen LogP contribution is -2.41. The lowest BCUT2D eigenvalue weighted by atomic mass is 10.0. The van der Waals surface area contributed by atoms with Gasteiger partial charge in [-0.1, -0.05) is 30.7 Å². The van der Waals surface area contributed by atoms with Crippen molar-refractivity contribution in [3.05, 3.63) is 28.8 Å². The third-order valence-corrected chi connectivity index (χ3v) is 5.23. The molecule has 1 aromatic carbocycles. The highest BCUT2D eigenvalue weighted by atomic mass is 35.5. The largest absolute Gasteiger partial charge is 0.366 e. The van der Waals surface area contributed by atoms with E-state index >= 15 is 0 Å². The van der Waals surface area contributed by atoms with E-state index in [9.17, 15) is 0 Å². The Kier molecular flexibility index (Phi) is 5.43. The third-order valence-electron chi connectivity index (χ3n) is 3.73. The Balaban J connectivity index is 2.31. The first-order chi connectivity index (χ1) is 9.13. The summed E-state index contributed by atoms with van der Waals surface area (Å²) in [6.07, 6.45) is 1.90. The highest BCUT2D eigenvalue weighted by molar-refractivity contribution is 7.99. The molecule has 2 nitrogen and oxygen atoms in total. The SMILES string of the molecule is CCC(N)Cc1cccc(Cl)c1N1CCSCC1C. The van der Waals surface area contributed by atoms with Crippen LogP contribution in [0, 0.1) is 0 Å². The van der Waals surface area contributed by atoms with Crippen LogP contribution >= 0.6 is 23.4 Å². The summed E-state index contributed by atoms with van der Waals surface area (Å²) in [5, 5.41) is 0.861. The number of nitrogens with zero attached hydrogens (tertiary/aromatic N) is 1. The van der Waals surface area contributed by atoms with E-state index in [1.807, 2.05) is 23.9 Å². The van der Waals surface area contributed by atoms with Crippen LogP contribution in [0.1, 0.15) is 25.8 Å². The van der Waals surface area contributed by atoms with E-state index in [4.69, 9.17) is 17.3 Å². The van der Waals surface area contributed by atoms with Crippen molar-refractivity contribution in [3.63, 3.8) is 0 Å². The molecular formula is C15H23ClN2S. The fourth-order valence-corrected chi connectivity index (χ4v) is 3.85. The van der Waals surface area contributed by atoms with Crippen molar-refractivity contribution in [1.82, 2.24) is 0 Å². The molecule has 1 saturated heterocycles. The minimum atomic E-state index is 0.215. The van der Waals surface area contributed by atoms with Crippen molar-refractivity contribution in [2.45, 2.75) is 38.8 Å². The van der Waals surface area contributed by atoms with Crippen LogP contribution in [0.15, 0.2) is 18.2 Å². The first kappa shape index (κ1) is 15.0. The van der Waals surface area contributed by atoms with Crippen molar-refractivity contribution in [3.8, 4) is 0 Å². The molecule has 0 radical (unpaired) electrons. The molecule has 19 heavy (non-hydrogen) atoms. The van der Waals surface area contributed by atoms with Crippen molar-refractivity contribution in [2.24, 2.45) is 5.73 Å². The van der Waals surface area contributed by atoms with Gasteiger partial charge in [-0.3, -0.25) is 0 Å². The molecule has 1 fully saturated rings. The summed E-state index contributed by atoms with van der Waals surface area (Å²) >= 11 is 8.49. The molecule has 4 heteroatoms.